The van der Waals surface area contributed by atoms with Crippen LogP contribution in [-0.4, -0.2) is 29.8 Å². The van der Waals surface area contributed by atoms with Crippen molar-refractivity contribution < 1.29 is 19.1 Å². The predicted molar refractivity (Wildman–Crippen MR) is 135 cm³/mol. The minimum Gasteiger partial charge on any atom is -0.469 e. The molecule has 0 N–H and O–H groups in total. The summed E-state index contributed by atoms with van der Waals surface area (Å²) < 4.78 is 10.3. The summed E-state index contributed by atoms with van der Waals surface area (Å²) in [5.41, 5.74) is 2.21. The SMILES string of the molecule is CCCCCC(OC(C)=O)c1ccc([C@H]2C(Cl)C[C@@H](Cl)[C@@H]2C/C=C\CCCC(=O)OC)cc1. The Balaban J connectivity index is 2.03. The third kappa shape index (κ3) is 8.98. The van der Waals surface area contributed by atoms with E-state index in [1.165, 1.54) is 19.6 Å². The molecule has 1 saturated carbocycles. The average molecular weight is 498 g/mol. The van der Waals surface area contributed by atoms with E-state index in [9.17, 15) is 9.59 Å². The highest BCUT2D eigenvalue weighted by Gasteiger charge is 2.41. The van der Waals surface area contributed by atoms with Gasteiger partial charge in [0.1, 0.15) is 6.10 Å². The Morgan fingerprint density at radius 1 is 1.09 bits per heavy atom. The Morgan fingerprint density at radius 3 is 2.45 bits per heavy atom. The lowest BCUT2D eigenvalue weighted by Gasteiger charge is -2.24. The summed E-state index contributed by atoms with van der Waals surface area (Å²) in [6.45, 7) is 3.63. The molecule has 1 aromatic rings. The summed E-state index contributed by atoms with van der Waals surface area (Å²) >= 11 is 13.4. The summed E-state index contributed by atoms with van der Waals surface area (Å²) in [4.78, 5) is 22.8. The predicted octanol–water partition coefficient (Wildman–Crippen LogP) is 7.48. The number of methoxy groups -OCH3 is 1. The molecule has 0 spiro atoms. The van der Waals surface area contributed by atoms with Crippen molar-refractivity contribution in [3.05, 3.63) is 47.5 Å². The standard InChI is InChI=1S/C27H38Cl2O4/c1-4-5-8-12-25(33-19(2)30)20-14-16-21(17-15-20)27-22(23(28)18-24(27)29)11-9-6-7-10-13-26(31)32-3/h6,9,14-17,22-25,27H,4-5,7-8,10-13,18H2,1-3H3/b9-6-/t22-,23+,24?,25?,27+/m0/s1. The van der Waals surface area contributed by atoms with Gasteiger partial charge < -0.3 is 9.47 Å². The van der Waals surface area contributed by atoms with Crippen LogP contribution in [0, 0.1) is 5.92 Å². The van der Waals surface area contributed by atoms with Gasteiger partial charge in [-0.15, -0.1) is 23.2 Å². The van der Waals surface area contributed by atoms with Gasteiger partial charge in [-0.3, -0.25) is 9.59 Å². The molecule has 1 fully saturated rings. The van der Waals surface area contributed by atoms with Crippen LogP contribution in [0.25, 0.3) is 0 Å². The highest BCUT2D eigenvalue weighted by atomic mass is 35.5. The van der Waals surface area contributed by atoms with Crippen LogP contribution in [0.5, 0.6) is 0 Å². The molecule has 0 bridgehead atoms. The Bertz CT molecular complexity index is 762. The zero-order valence-electron chi connectivity index (χ0n) is 20.1. The van der Waals surface area contributed by atoms with E-state index in [-0.39, 0.29) is 40.6 Å². The van der Waals surface area contributed by atoms with Crippen LogP contribution in [-0.2, 0) is 19.1 Å². The second-order valence-electron chi connectivity index (χ2n) is 8.89. The summed E-state index contributed by atoms with van der Waals surface area (Å²) in [6.07, 6.45) is 11.9. The number of hydrogen-bond donors (Lipinski definition) is 0. The molecule has 0 radical (unpaired) electrons. The zero-order valence-corrected chi connectivity index (χ0v) is 21.6. The molecule has 1 aromatic carbocycles. The smallest absolute Gasteiger partial charge is 0.305 e. The maximum Gasteiger partial charge on any atom is 0.305 e. The van der Waals surface area contributed by atoms with Gasteiger partial charge >= 0.3 is 11.9 Å². The van der Waals surface area contributed by atoms with Gasteiger partial charge in [0.2, 0.25) is 0 Å². The van der Waals surface area contributed by atoms with E-state index < -0.39 is 0 Å². The summed E-state index contributed by atoms with van der Waals surface area (Å²) in [5, 5.41) is 0.0182. The van der Waals surface area contributed by atoms with E-state index >= 15 is 0 Å². The molecule has 184 valence electrons. The van der Waals surface area contributed by atoms with Crippen LogP contribution in [0.3, 0.4) is 0 Å². The summed E-state index contributed by atoms with van der Waals surface area (Å²) in [7, 11) is 1.41. The molecule has 0 saturated heterocycles. The van der Waals surface area contributed by atoms with Crippen LogP contribution in [0.15, 0.2) is 36.4 Å². The van der Waals surface area contributed by atoms with Crippen LogP contribution in [0.2, 0.25) is 0 Å². The van der Waals surface area contributed by atoms with E-state index in [4.69, 9.17) is 27.9 Å². The largest absolute Gasteiger partial charge is 0.469 e. The molecule has 0 heterocycles. The third-order valence-electron chi connectivity index (χ3n) is 6.39. The Hall–Kier alpha value is -1.52. The summed E-state index contributed by atoms with van der Waals surface area (Å²) in [6, 6.07) is 8.38. The third-order valence-corrected chi connectivity index (χ3v) is 7.34. The molecule has 4 nitrogen and oxygen atoms in total. The maximum absolute atomic E-state index is 11.6. The van der Waals surface area contributed by atoms with Crippen LogP contribution < -0.4 is 0 Å². The van der Waals surface area contributed by atoms with Crippen molar-refractivity contribution in [3.63, 3.8) is 0 Å². The van der Waals surface area contributed by atoms with Gasteiger partial charge in [0.15, 0.2) is 0 Å². The van der Waals surface area contributed by atoms with E-state index in [2.05, 4.69) is 48.1 Å². The molecule has 2 rings (SSSR count). The highest BCUT2D eigenvalue weighted by molar-refractivity contribution is 6.25. The number of carbonyl (C=O) groups excluding carboxylic acids is 2. The van der Waals surface area contributed by atoms with Gasteiger partial charge in [0.25, 0.3) is 0 Å². The van der Waals surface area contributed by atoms with Gasteiger partial charge in [-0.25, -0.2) is 0 Å². The number of hydrogen-bond acceptors (Lipinski definition) is 4. The maximum atomic E-state index is 11.6. The lowest BCUT2D eigenvalue weighted by molar-refractivity contribution is -0.147. The molecule has 33 heavy (non-hydrogen) atoms. The number of rotatable bonds is 13. The molecule has 0 aliphatic heterocycles. The van der Waals surface area contributed by atoms with E-state index in [1.54, 1.807) is 0 Å². The van der Waals surface area contributed by atoms with Crippen molar-refractivity contribution in [1.82, 2.24) is 0 Å². The lowest BCUT2D eigenvalue weighted by atomic mass is 9.85. The summed E-state index contributed by atoms with van der Waals surface area (Å²) in [5.74, 6) is 0.0105. The minimum absolute atomic E-state index is 0.00936. The molecule has 0 aromatic heterocycles. The second kappa shape index (κ2) is 14.7. The Labute approximate surface area is 209 Å². The van der Waals surface area contributed by atoms with Crippen LogP contribution >= 0.6 is 23.2 Å². The van der Waals surface area contributed by atoms with E-state index in [1.807, 2.05) is 0 Å². The molecule has 2 unspecified atom stereocenters. The van der Waals surface area contributed by atoms with Crippen molar-refractivity contribution >= 4 is 35.1 Å². The van der Waals surface area contributed by atoms with Crippen molar-refractivity contribution in [3.8, 4) is 0 Å². The molecule has 0 amide bonds. The molecular weight excluding hydrogens is 459 g/mol. The van der Waals surface area contributed by atoms with E-state index in [0.717, 1.165) is 56.9 Å². The minimum atomic E-state index is -0.249. The number of unbranched alkanes of at least 4 members (excludes halogenated alkanes) is 3. The number of benzene rings is 1. The number of halogens is 2. The van der Waals surface area contributed by atoms with Gasteiger partial charge in [-0.05, 0) is 55.6 Å². The van der Waals surface area contributed by atoms with Gasteiger partial charge in [0.05, 0.1) is 7.11 Å². The lowest BCUT2D eigenvalue weighted by Crippen LogP contribution is -2.16. The normalized spacial score (nSPS) is 23.5. The first-order valence-electron chi connectivity index (χ1n) is 12.1. The number of carbonyl (C=O) groups is 2. The Morgan fingerprint density at radius 2 is 1.82 bits per heavy atom. The zero-order chi connectivity index (χ0) is 24.2. The number of esters is 2. The van der Waals surface area contributed by atoms with Gasteiger partial charge in [-0.2, -0.15) is 0 Å². The van der Waals surface area contributed by atoms with Gasteiger partial charge in [-0.1, -0.05) is 56.2 Å². The van der Waals surface area contributed by atoms with Crippen molar-refractivity contribution in [2.24, 2.45) is 5.92 Å². The first kappa shape index (κ1) is 27.7. The second-order valence-corrected chi connectivity index (χ2v) is 10.0. The van der Waals surface area contributed by atoms with Crippen LogP contribution in [0.1, 0.15) is 94.8 Å². The molecule has 1 aliphatic carbocycles. The fraction of sp³-hybridized carbons (Fsp3) is 0.630. The molecule has 6 heteroatoms. The number of alkyl halides is 2. The average Bonchev–Trinajstić information content (AvgIpc) is 3.07. The first-order valence-corrected chi connectivity index (χ1v) is 13.0. The van der Waals surface area contributed by atoms with Crippen molar-refractivity contribution in [2.45, 2.75) is 94.4 Å². The van der Waals surface area contributed by atoms with Crippen molar-refractivity contribution in [1.29, 1.82) is 0 Å². The van der Waals surface area contributed by atoms with Gasteiger partial charge in [0, 0.05) is 30.0 Å². The Kier molecular flexibility index (Phi) is 12.3. The fourth-order valence-electron chi connectivity index (χ4n) is 4.62. The van der Waals surface area contributed by atoms with Crippen LogP contribution in [0.4, 0.5) is 0 Å². The first-order chi connectivity index (χ1) is 15.9. The molecule has 5 atom stereocenters. The highest BCUT2D eigenvalue weighted by Crippen LogP contribution is 2.47. The molecule has 1 aliphatic rings. The number of ether oxygens (including phenoxy) is 2. The monoisotopic (exact) mass is 496 g/mol. The molecular formula is C27H38Cl2O4. The fourth-order valence-corrected chi connectivity index (χ4v) is 5.69. The topological polar surface area (TPSA) is 52.6 Å². The quantitative estimate of drug-likeness (QED) is 0.123. The van der Waals surface area contributed by atoms with Crippen molar-refractivity contribution in [2.75, 3.05) is 7.11 Å². The van der Waals surface area contributed by atoms with E-state index in [0.29, 0.717) is 6.42 Å². The number of allylic oxidation sites excluding steroid dienone is 2.